The zero-order chi connectivity index (χ0) is 13.8. The van der Waals surface area contributed by atoms with E-state index in [1.807, 2.05) is 29.2 Å². The monoisotopic (exact) mass is 265 g/mol. The molecule has 1 heterocycles. The van der Waals surface area contributed by atoms with Crippen LogP contribution in [0.1, 0.15) is 24.0 Å². The minimum Gasteiger partial charge on any atom is -0.312 e. The fourth-order valence-corrected chi connectivity index (χ4v) is 2.82. The van der Waals surface area contributed by atoms with Gasteiger partial charge in [0, 0.05) is 18.7 Å². The van der Waals surface area contributed by atoms with Crippen molar-refractivity contribution in [3.8, 4) is 0 Å². The molecule has 1 aliphatic heterocycles. The second kappa shape index (κ2) is 5.91. The summed E-state index contributed by atoms with van der Waals surface area (Å²) in [7, 11) is 0. The van der Waals surface area contributed by atoms with Crippen LogP contribution < -0.4 is 4.90 Å². The number of aryl methyl sites for hydroxylation is 2. The van der Waals surface area contributed by atoms with Crippen molar-refractivity contribution >= 4 is 11.6 Å². The number of anilines is 1. The molecule has 1 amide bonds. The van der Waals surface area contributed by atoms with Crippen molar-refractivity contribution in [1.29, 1.82) is 0 Å². The number of nitrogens with zero attached hydrogens (tertiary/aromatic N) is 1. The molecule has 1 aliphatic rings. The molecule has 0 fully saturated rings. The van der Waals surface area contributed by atoms with Crippen molar-refractivity contribution in [2.24, 2.45) is 0 Å². The first-order valence-corrected chi connectivity index (χ1v) is 7.27. The summed E-state index contributed by atoms with van der Waals surface area (Å²) in [5.41, 5.74) is 3.63. The number of carbonyl (C=O) groups excluding carboxylic acids is 1. The molecule has 20 heavy (non-hydrogen) atoms. The number of rotatable bonds is 3. The first-order chi connectivity index (χ1) is 9.84. The third-order valence-corrected chi connectivity index (χ3v) is 3.88. The molecule has 0 atom stereocenters. The largest absolute Gasteiger partial charge is 0.312 e. The Kier molecular flexibility index (Phi) is 3.82. The van der Waals surface area contributed by atoms with E-state index in [2.05, 4.69) is 30.3 Å². The van der Waals surface area contributed by atoms with Crippen molar-refractivity contribution in [3.63, 3.8) is 0 Å². The summed E-state index contributed by atoms with van der Waals surface area (Å²) in [4.78, 5) is 14.4. The SMILES string of the molecule is O=C(CCc1ccccc1)N1CCCc2ccccc21. The maximum absolute atomic E-state index is 12.5. The number of benzene rings is 2. The van der Waals surface area contributed by atoms with E-state index >= 15 is 0 Å². The fraction of sp³-hybridized carbons (Fsp3) is 0.278. The van der Waals surface area contributed by atoms with Crippen LogP contribution in [0.2, 0.25) is 0 Å². The summed E-state index contributed by atoms with van der Waals surface area (Å²) in [6.45, 7) is 0.852. The van der Waals surface area contributed by atoms with E-state index in [1.165, 1.54) is 11.1 Å². The van der Waals surface area contributed by atoms with Crippen LogP contribution in [0.25, 0.3) is 0 Å². The molecule has 2 aromatic rings. The van der Waals surface area contributed by atoms with Crippen LogP contribution in [0.3, 0.4) is 0 Å². The zero-order valence-electron chi connectivity index (χ0n) is 11.6. The molecule has 102 valence electrons. The normalized spacial score (nSPS) is 13.9. The lowest BCUT2D eigenvalue weighted by Crippen LogP contribution is -2.35. The van der Waals surface area contributed by atoms with E-state index < -0.39 is 0 Å². The van der Waals surface area contributed by atoms with Gasteiger partial charge in [0.25, 0.3) is 0 Å². The minimum atomic E-state index is 0.237. The van der Waals surface area contributed by atoms with Gasteiger partial charge < -0.3 is 4.90 Å². The first kappa shape index (κ1) is 12.9. The van der Waals surface area contributed by atoms with Crippen LogP contribution in [0, 0.1) is 0 Å². The molecule has 3 rings (SSSR count). The molecule has 0 saturated heterocycles. The Balaban J connectivity index is 1.69. The molecule has 0 radical (unpaired) electrons. The van der Waals surface area contributed by atoms with Crippen molar-refractivity contribution < 1.29 is 4.79 Å². The lowest BCUT2D eigenvalue weighted by atomic mass is 10.0. The summed E-state index contributed by atoms with van der Waals surface area (Å²) < 4.78 is 0. The maximum Gasteiger partial charge on any atom is 0.227 e. The van der Waals surface area contributed by atoms with Crippen molar-refractivity contribution in [2.45, 2.75) is 25.7 Å². The van der Waals surface area contributed by atoms with Gasteiger partial charge in [-0.05, 0) is 36.5 Å². The summed E-state index contributed by atoms with van der Waals surface area (Å²) in [5.74, 6) is 0.237. The Labute approximate surface area is 120 Å². The molecular weight excluding hydrogens is 246 g/mol. The van der Waals surface area contributed by atoms with Crippen LogP contribution in [0.5, 0.6) is 0 Å². The average molecular weight is 265 g/mol. The van der Waals surface area contributed by atoms with E-state index in [4.69, 9.17) is 0 Å². The van der Waals surface area contributed by atoms with E-state index in [1.54, 1.807) is 0 Å². The summed E-state index contributed by atoms with van der Waals surface area (Å²) in [6, 6.07) is 18.5. The summed E-state index contributed by atoms with van der Waals surface area (Å²) >= 11 is 0. The van der Waals surface area contributed by atoms with Crippen LogP contribution in [-0.2, 0) is 17.6 Å². The van der Waals surface area contributed by atoms with Gasteiger partial charge in [-0.1, -0.05) is 48.5 Å². The molecule has 0 saturated carbocycles. The highest BCUT2D eigenvalue weighted by molar-refractivity contribution is 5.94. The van der Waals surface area contributed by atoms with Gasteiger partial charge in [0.05, 0.1) is 0 Å². The van der Waals surface area contributed by atoms with Crippen LogP contribution in [0.4, 0.5) is 5.69 Å². The number of carbonyl (C=O) groups is 1. The third-order valence-electron chi connectivity index (χ3n) is 3.88. The van der Waals surface area contributed by atoms with E-state index in [9.17, 15) is 4.79 Å². The van der Waals surface area contributed by atoms with Crippen LogP contribution in [-0.4, -0.2) is 12.5 Å². The van der Waals surface area contributed by atoms with Gasteiger partial charge in [-0.3, -0.25) is 4.79 Å². The molecule has 2 heteroatoms. The van der Waals surface area contributed by atoms with E-state index in [-0.39, 0.29) is 5.91 Å². The Morgan fingerprint density at radius 2 is 1.75 bits per heavy atom. The van der Waals surface area contributed by atoms with Crippen LogP contribution in [0.15, 0.2) is 54.6 Å². The molecule has 0 bridgehead atoms. The fourth-order valence-electron chi connectivity index (χ4n) is 2.82. The van der Waals surface area contributed by atoms with Crippen molar-refractivity contribution in [2.75, 3.05) is 11.4 Å². The van der Waals surface area contributed by atoms with Gasteiger partial charge in [0.2, 0.25) is 5.91 Å². The molecule has 0 aliphatic carbocycles. The lowest BCUT2D eigenvalue weighted by Gasteiger charge is -2.29. The Morgan fingerprint density at radius 1 is 1.00 bits per heavy atom. The number of amides is 1. The van der Waals surface area contributed by atoms with Gasteiger partial charge in [-0.2, -0.15) is 0 Å². The maximum atomic E-state index is 12.5. The Bertz CT molecular complexity index is 591. The van der Waals surface area contributed by atoms with Crippen molar-refractivity contribution in [3.05, 3.63) is 65.7 Å². The summed E-state index contributed by atoms with van der Waals surface area (Å²) in [5, 5.41) is 0. The molecule has 2 aromatic carbocycles. The van der Waals surface area contributed by atoms with Crippen LogP contribution >= 0.6 is 0 Å². The number of hydrogen-bond acceptors (Lipinski definition) is 1. The second-order valence-electron chi connectivity index (χ2n) is 5.26. The predicted octanol–water partition coefficient (Wildman–Crippen LogP) is 3.60. The average Bonchev–Trinajstić information content (AvgIpc) is 2.53. The molecule has 0 spiro atoms. The zero-order valence-corrected chi connectivity index (χ0v) is 11.6. The number of fused-ring (bicyclic) bond motifs is 1. The van der Waals surface area contributed by atoms with Gasteiger partial charge in [-0.15, -0.1) is 0 Å². The highest BCUT2D eigenvalue weighted by atomic mass is 16.2. The van der Waals surface area contributed by atoms with Gasteiger partial charge in [0.1, 0.15) is 0 Å². The third kappa shape index (κ3) is 2.74. The molecule has 0 aromatic heterocycles. The van der Waals surface area contributed by atoms with Gasteiger partial charge in [-0.25, -0.2) is 0 Å². The number of para-hydroxylation sites is 1. The quantitative estimate of drug-likeness (QED) is 0.830. The van der Waals surface area contributed by atoms with Crippen molar-refractivity contribution in [1.82, 2.24) is 0 Å². The lowest BCUT2D eigenvalue weighted by molar-refractivity contribution is -0.118. The first-order valence-electron chi connectivity index (χ1n) is 7.27. The molecule has 2 nitrogen and oxygen atoms in total. The van der Waals surface area contributed by atoms with E-state index in [0.29, 0.717) is 6.42 Å². The molecule has 0 unspecified atom stereocenters. The summed E-state index contributed by atoms with van der Waals surface area (Å²) in [6.07, 6.45) is 3.55. The minimum absolute atomic E-state index is 0.237. The molecule has 0 N–H and O–H groups in total. The topological polar surface area (TPSA) is 20.3 Å². The number of hydrogen-bond donors (Lipinski definition) is 0. The van der Waals surface area contributed by atoms with E-state index in [0.717, 1.165) is 31.5 Å². The predicted molar refractivity (Wildman–Crippen MR) is 81.9 cm³/mol. The Morgan fingerprint density at radius 3 is 2.60 bits per heavy atom. The molecular formula is C18H19NO. The van der Waals surface area contributed by atoms with Gasteiger partial charge >= 0.3 is 0 Å². The smallest absolute Gasteiger partial charge is 0.227 e. The highest BCUT2D eigenvalue weighted by Gasteiger charge is 2.21. The highest BCUT2D eigenvalue weighted by Crippen LogP contribution is 2.27. The van der Waals surface area contributed by atoms with Gasteiger partial charge in [0.15, 0.2) is 0 Å². The second-order valence-corrected chi connectivity index (χ2v) is 5.26. The standard InChI is InChI=1S/C18H19NO/c20-18(13-12-15-7-2-1-3-8-15)19-14-6-10-16-9-4-5-11-17(16)19/h1-5,7-9,11H,6,10,12-14H2. The Hall–Kier alpha value is -2.09.